The van der Waals surface area contributed by atoms with Crippen LogP contribution in [0.3, 0.4) is 0 Å². The van der Waals surface area contributed by atoms with E-state index in [-0.39, 0.29) is 0 Å². The number of hydrogen-bond acceptors (Lipinski definition) is 0. The van der Waals surface area contributed by atoms with Crippen molar-refractivity contribution in [2.75, 3.05) is 0 Å². The molecule has 2 aliphatic carbocycles. The lowest BCUT2D eigenvalue weighted by Gasteiger charge is -2.34. The second kappa shape index (κ2) is 5.74. The van der Waals surface area contributed by atoms with Crippen molar-refractivity contribution in [3.8, 4) is 0 Å². The van der Waals surface area contributed by atoms with E-state index in [0.29, 0.717) is 5.41 Å². The van der Waals surface area contributed by atoms with Crippen molar-refractivity contribution in [3.63, 3.8) is 0 Å². The Labute approximate surface area is 139 Å². The second-order valence-electron chi connectivity index (χ2n) is 6.57. The highest BCUT2D eigenvalue weighted by molar-refractivity contribution is 14.1. The topological polar surface area (TPSA) is 0 Å². The summed E-state index contributed by atoms with van der Waals surface area (Å²) in [6, 6.07) is 0. The summed E-state index contributed by atoms with van der Waals surface area (Å²) in [6.07, 6.45) is 8.88. The molecule has 2 heteroatoms. The molecule has 102 valence electrons. The van der Waals surface area contributed by atoms with Gasteiger partial charge in [-0.15, -0.1) is 0 Å². The summed E-state index contributed by atoms with van der Waals surface area (Å²) < 4.78 is 3.13. The van der Waals surface area contributed by atoms with Gasteiger partial charge in [0.05, 0.1) is 0 Å². The minimum Gasteiger partial charge on any atom is -0.0783 e. The first-order valence-electron chi connectivity index (χ1n) is 7.04. The van der Waals surface area contributed by atoms with E-state index in [1.807, 2.05) is 0 Å². The predicted molar refractivity (Wildman–Crippen MR) is 97.1 cm³/mol. The number of halogens is 2. The van der Waals surface area contributed by atoms with Crippen LogP contribution in [0.4, 0.5) is 0 Å². The summed E-state index contributed by atoms with van der Waals surface area (Å²) in [5.74, 6) is 3.44. The molecule has 18 heavy (non-hydrogen) atoms. The van der Waals surface area contributed by atoms with Crippen LogP contribution in [0.5, 0.6) is 0 Å². The molecular formula is C16H24I2. The molecule has 0 amide bonds. The van der Waals surface area contributed by atoms with Crippen LogP contribution in [-0.2, 0) is 0 Å². The zero-order valence-electron chi connectivity index (χ0n) is 11.8. The first-order valence-corrected chi connectivity index (χ1v) is 9.20. The van der Waals surface area contributed by atoms with Gasteiger partial charge >= 0.3 is 0 Å². The standard InChI is InChI=1S/C16H24I2/c1-5-11(17)8-14-10(2)13-7-6-12(18)9-15(13)16(14,3)4/h5,9-10,13-15H,6-8H2,1-4H3/b11-5+. The third-order valence-electron chi connectivity index (χ3n) is 5.39. The minimum atomic E-state index is 0.459. The van der Waals surface area contributed by atoms with Crippen LogP contribution < -0.4 is 0 Å². The fraction of sp³-hybridized carbons (Fsp3) is 0.750. The van der Waals surface area contributed by atoms with Gasteiger partial charge in [0.25, 0.3) is 0 Å². The number of allylic oxidation sites excluding steroid dienone is 4. The van der Waals surface area contributed by atoms with Gasteiger partial charge in [0, 0.05) is 0 Å². The quantitative estimate of drug-likeness (QED) is 0.413. The fourth-order valence-electron chi connectivity index (χ4n) is 4.24. The molecule has 1 saturated carbocycles. The van der Waals surface area contributed by atoms with E-state index >= 15 is 0 Å². The first kappa shape index (κ1) is 15.3. The van der Waals surface area contributed by atoms with Gasteiger partial charge in [-0.05, 0) is 108 Å². The molecule has 0 saturated heterocycles. The third-order valence-corrected chi connectivity index (χ3v) is 7.35. The number of fused-ring (bicyclic) bond motifs is 1. The normalized spacial score (nSPS) is 39.4. The molecule has 4 unspecified atom stereocenters. The summed E-state index contributed by atoms with van der Waals surface area (Å²) in [6.45, 7) is 9.68. The van der Waals surface area contributed by atoms with E-state index in [4.69, 9.17) is 0 Å². The Hall–Kier alpha value is 0.940. The van der Waals surface area contributed by atoms with Crippen molar-refractivity contribution in [1.29, 1.82) is 0 Å². The summed E-state index contributed by atoms with van der Waals surface area (Å²) in [5.41, 5.74) is 0.459. The molecule has 1 fully saturated rings. The summed E-state index contributed by atoms with van der Waals surface area (Å²) in [7, 11) is 0. The van der Waals surface area contributed by atoms with Gasteiger partial charge in [-0.1, -0.05) is 32.9 Å². The van der Waals surface area contributed by atoms with Gasteiger partial charge < -0.3 is 0 Å². The molecule has 0 aliphatic heterocycles. The Morgan fingerprint density at radius 2 is 2.17 bits per heavy atom. The number of rotatable bonds is 2. The van der Waals surface area contributed by atoms with Crippen LogP contribution >= 0.6 is 45.2 Å². The van der Waals surface area contributed by atoms with Crippen LogP contribution in [0.25, 0.3) is 0 Å². The zero-order chi connectivity index (χ0) is 13.5. The highest BCUT2D eigenvalue weighted by Crippen LogP contribution is 2.60. The molecule has 0 radical (unpaired) electrons. The predicted octanol–water partition coefficient (Wildman–Crippen LogP) is 6.35. The Bertz CT molecular complexity index is 379. The van der Waals surface area contributed by atoms with E-state index in [1.165, 1.54) is 22.8 Å². The van der Waals surface area contributed by atoms with E-state index < -0.39 is 0 Å². The molecule has 4 atom stereocenters. The molecule has 2 rings (SSSR count). The Morgan fingerprint density at radius 1 is 1.50 bits per heavy atom. The van der Waals surface area contributed by atoms with E-state index in [2.05, 4.69) is 85.0 Å². The van der Waals surface area contributed by atoms with Crippen molar-refractivity contribution in [2.45, 2.75) is 47.0 Å². The van der Waals surface area contributed by atoms with Crippen LogP contribution in [0.1, 0.15) is 47.0 Å². The van der Waals surface area contributed by atoms with E-state index in [0.717, 1.165) is 23.7 Å². The Morgan fingerprint density at radius 3 is 2.78 bits per heavy atom. The lowest BCUT2D eigenvalue weighted by Crippen LogP contribution is -2.27. The molecule has 2 aliphatic rings. The van der Waals surface area contributed by atoms with Crippen LogP contribution in [0, 0.1) is 29.1 Å². The molecule has 0 aromatic heterocycles. The van der Waals surface area contributed by atoms with E-state index in [9.17, 15) is 0 Å². The molecular weight excluding hydrogens is 446 g/mol. The Kier molecular flexibility index (Phi) is 4.89. The van der Waals surface area contributed by atoms with Crippen LogP contribution in [-0.4, -0.2) is 0 Å². The Balaban J connectivity index is 2.28. The van der Waals surface area contributed by atoms with Crippen molar-refractivity contribution < 1.29 is 0 Å². The molecule has 0 aromatic carbocycles. The van der Waals surface area contributed by atoms with Gasteiger partial charge in [-0.25, -0.2) is 0 Å². The average molecular weight is 470 g/mol. The number of hydrogen-bond donors (Lipinski definition) is 0. The van der Waals surface area contributed by atoms with E-state index in [1.54, 1.807) is 3.58 Å². The lowest BCUT2D eigenvalue weighted by molar-refractivity contribution is 0.193. The van der Waals surface area contributed by atoms with Gasteiger partial charge in [0.1, 0.15) is 0 Å². The van der Waals surface area contributed by atoms with Crippen molar-refractivity contribution in [3.05, 3.63) is 19.3 Å². The molecule has 0 aromatic rings. The summed E-state index contributed by atoms with van der Waals surface area (Å²) in [5, 5.41) is 0. The molecule has 0 bridgehead atoms. The first-order chi connectivity index (χ1) is 8.37. The lowest BCUT2D eigenvalue weighted by atomic mass is 9.71. The maximum Gasteiger partial charge on any atom is -0.0131 e. The largest absolute Gasteiger partial charge is 0.0783 e. The van der Waals surface area contributed by atoms with Gasteiger partial charge in [0.15, 0.2) is 0 Å². The maximum atomic E-state index is 2.59. The maximum absolute atomic E-state index is 2.59. The molecule has 0 heterocycles. The zero-order valence-corrected chi connectivity index (χ0v) is 16.2. The molecule has 0 spiro atoms. The van der Waals surface area contributed by atoms with Gasteiger partial charge in [-0.2, -0.15) is 0 Å². The second-order valence-corrected chi connectivity index (χ2v) is 9.34. The monoisotopic (exact) mass is 470 g/mol. The van der Waals surface area contributed by atoms with Crippen molar-refractivity contribution in [2.24, 2.45) is 29.1 Å². The smallest absolute Gasteiger partial charge is 0.0131 e. The fourth-order valence-corrected chi connectivity index (χ4v) is 5.42. The van der Waals surface area contributed by atoms with Gasteiger partial charge in [0.2, 0.25) is 0 Å². The van der Waals surface area contributed by atoms with Crippen molar-refractivity contribution in [1.82, 2.24) is 0 Å². The average Bonchev–Trinajstić information content (AvgIpc) is 2.50. The van der Waals surface area contributed by atoms with Crippen LogP contribution in [0.15, 0.2) is 19.3 Å². The van der Waals surface area contributed by atoms with Crippen LogP contribution in [0.2, 0.25) is 0 Å². The van der Waals surface area contributed by atoms with Gasteiger partial charge in [-0.3, -0.25) is 0 Å². The molecule has 0 nitrogen and oxygen atoms in total. The summed E-state index contributed by atoms with van der Waals surface area (Å²) in [4.78, 5) is 0. The minimum absolute atomic E-state index is 0.459. The summed E-state index contributed by atoms with van der Waals surface area (Å²) >= 11 is 5.07. The third kappa shape index (κ3) is 2.70. The molecule has 0 N–H and O–H groups in total. The van der Waals surface area contributed by atoms with Crippen molar-refractivity contribution >= 4 is 45.2 Å². The highest BCUT2D eigenvalue weighted by atomic mass is 127. The SMILES string of the molecule is C/C=C(/I)CC1C(C)C2CCC(I)=CC2C1(C)C. The highest BCUT2D eigenvalue weighted by Gasteiger charge is 2.52.